The highest BCUT2D eigenvalue weighted by molar-refractivity contribution is 6.02. The molecule has 2 aliphatic carbocycles. The molecule has 0 amide bonds. The third-order valence-corrected chi connectivity index (χ3v) is 7.76. The lowest BCUT2D eigenvalue weighted by Gasteiger charge is -2.44. The average Bonchev–Trinajstić information content (AvgIpc) is 2.76. The zero-order valence-electron chi connectivity index (χ0n) is 18.4. The molecule has 0 radical (unpaired) electrons. The van der Waals surface area contributed by atoms with Gasteiger partial charge in [0.05, 0.1) is 5.39 Å². The fourth-order valence-electron chi connectivity index (χ4n) is 6.58. The van der Waals surface area contributed by atoms with Crippen LogP contribution in [0, 0.1) is 11.8 Å². The van der Waals surface area contributed by atoms with Crippen LogP contribution in [0.3, 0.4) is 0 Å². The Morgan fingerprint density at radius 3 is 2.87 bits per heavy atom. The lowest BCUT2D eigenvalue weighted by Crippen LogP contribution is -2.54. The Morgan fingerprint density at radius 2 is 2.07 bits per heavy atom. The Labute approximate surface area is 178 Å². The largest absolute Gasteiger partial charge is 0.486 e. The number of benzene rings is 1. The van der Waals surface area contributed by atoms with E-state index in [4.69, 9.17) is 9.47 Å². The van der Waals surface area contributed by atoms with Crippen LogP contribution < -0.4 is 14.0 Å². The smallest absolute Gasteiger partial charge is 0.217 e. The molecule has 1 aromatic carbocycles. The summed E-state index contributed by atoms with van der Waals surface area (Å²) in [6, 6.07) is 4.96. The highest BCUT2D eigenvalue weighted by Gasteiger charge is 2.52. The second-order valence-corrected chi connectivity index (χ2v) is 9.59. The van der Waals surface area contributed by atoms with E-state index >= 15 is 0 Å². The molecule has 3 unspecified atom stereocenters. The fraction of sp³-hybridized carbons (Fsp3) is 0.444. The van der Waals surface area contributed by atoms with Gasteiger partial charge in [-0.25, -0.2) is 0 Å². The van der Waals surface area contributed by atoms with Crippen molar-refractivity contribution in [2.45, 2.75) is 52.0 Å². The topological polar surface area (TPSA) is 22.3 Å². The molecule has 0 N–H and O–H groups in total. The fourth-order valence-corrected chi connectivity index (χ4v) is 6.58. The molecule has 154 valence electrons. The van der Waals surface area contributed by atoms with Crippen LogP contribution in [-0.2, 0) is 5.41 Å². The second kappa shape index (κ2) is 6.23. The third kappa shape index (κ3) is 2.13. The van der Waals surface area contributed by atoms with Crippen molar-refractivity contribution in [1.82, 2.24) is 0 Å². The number of allylic oxidation sites excluding steroid dienone is 6. The highest BCUT2D eigenvalue weighted by atomic mass is 16.6. The van der Waals surface area contributed by atoms with E-state index in [1.54, 1.807) is 5.57 Å². The Morgan fingerprint density at radius 1 is 1.23 bits per heavy atom. The Balaban J connectivity index is 1.79. The van der Waals surface area contributed by atoms with Gasteiger partial charge in [0.2, 0.25) is 5.69 Å². The average molecular weight is 401 g/mol. The highest BCUT2D eigenvalue weighted by Crippen LogP contribution is 2.58. The van der Waals surface area contributed by atoms with E-state index in [-0.39, 0.29) is 5.41 Å². The molecule has 0 saturated heterocycles. The molecule has 0 fully saturated rings. The molecule has 0 spiro atoms. The normalized spacial score (nSPS) is 27.8. The molecule has 6 rings (SSSR count). The van der Waals surface area contributed by atoms with Crippen LogP contribution >= 0.6 is 0 Å². The Kier molecular flexibility index (Phi) is 3.79. The molecule has 2 aromatic rings. The first-order valence-electron chi connectivity index (χ1n) is 11.4. The van der Waals surface area contributed by atoms with Gasteiger partial charge in [0.25, 0.3) is 0 Å². The summed E-state index contributed by atoms with van der Waals surface area (Å²) in [7, 11) is 0. The van der Waals surface area contributed by atoms with E-state index in [0.717, 1.165) is 24.3 Å². The zero-order chi connectivity index (χ0) is 20.6. The number of pyridine rings is 1. The maximum absolute atomic E-state index is 6.26. The quantitative estimate of drug-likeness (QED) is 0.478. The van der Waals surface area contributed by atoms with Crippen molar-refractivity contribution in [2.24, 2.45) is 11.8 Å². The van der Waals surface area contributed by atoms with Gasteiger partial charge in [-0.2, -0.15) is 4.57 Å². The van der Waals surface area contributed by atoms with Gasteiger partial charge in [0.1, 0.15) is 13.2 Å². The Bertz CT molecular complexity index is 1170. The molecule has 1 aromatic heterocycles. The van der Waals surface area contributed by atoms with E-state index in [1.165, 1.54) is 27.6 Å². The lowest BCUT2D eigenvalue weighted by molar-refractivity contribution is -0.734. The minimum atomic E-state index is -0.124. The number of aromatic nitrogens is 1. The number of hydrogen-bond acceptors (Lipinski definition) is 2. The van der Waals surface area contributed by atoms with Gasteiger partial charge in [-0.1, -0.05) is 45.1 Å². The van der Waals surface area contributed by atoms with E-state index in [1.807, 2.05) is 0 Å². The van der Waals surface area contributed by atoms with Crippen LogP contribution in [0.4, 0.5) is 0 Å². The lowest BCUT2D eigenvalue weighted by atomic mass is 9.60. The van der Waals surface area contributed by atoms with Crippen molar-refractivity contribution < 1.29 is 14.0 Å². The van der Waals surface area contributed by atoms with Gasteiger partial charge in [0, 0.05) is 40.9 Å². The van der Waals surface area contributed by atoms with Crippen molar-refractivity contribution in [3.05, 3.63) is 59.5 Å². The maximum atomic E-state index is 6.26. The molecule has 2 aliphatic heterocycles. The number of hydrogen-bond donors (Lipinski definition) is 0. The van der Waals surface area contributed by atoms with E-state index in [0.29, 0.717) is 31.1 Å². The van der Waals surface area contributed by atoms with Crippen LogP contribution in [0.25, 0.3) is 16.3 Å². The van der Waals surface area contributed by atoms with Gasteiger partial charge >= 0.3 is 0 Å². The predicted octanol–water partition coefficient (Wildman–Crippen LogP) is 5.68. The Hall–Kier alpha value is -2.55. The SMILES string of the molecule is CC=CC1C2CC=CC3=C2c2c4c(c5c(cc4cc[n+]2C1CC)OCCO5)C3(C)C. The van der Waals surface area contributed by atoms with Crippen LogP contribution in [0.1, 0.15) is 57.8 Å². The van der Waals surface area contributed by atoms with E-state index in [2.05, 4.69) is 74.9 Å². The van der Waals surface area contributed by atoms with Crippen molar-refractivity contribution >= 4 is 16.3 Å². The summed E-state index contributed by atoms with van der Waals surface area (Å²) >= 11 is 0. The van der Waals surface area contributed by atoms with Crippen molar-refractivity contribution in [2.75, 3.05) is 13.2 Å². The number of ether oxygens (including phenoxy) is 2. The summed E-state index contributed by atoms with van der Waals surface area (Å²) in [4.78, 5) is 0. The van der Waals surface area contributed by atoms with E-state index < -0.39 is 0 Å². The predicted molar refractivity (Wildman–Crippen MR) is 120 cm³/mol. The first-order valence-corrected chi connectivity index (χ1v) is 11.4. The van der Waals surface area contributed by atoms with Gasteiger partial charge in [-0.3, -0.25) is 0 Å². The van der Waals surface area contributed by atoms with Gasteiger partial charge in [0.15, 0.2) is 23.7 Å². The molecule has 3 nitrogen and oxygen atoms in total. The summed E-state index contributed by atoms with van der Waals surface area (Å²) < 4.78 is 14.9. The van der Waals surface area contributed by atoms with Crippen molar-refractivity contribution in [3.63, 3.8) is 0 Å². The maximum Gasteiger partial charge on any atom is 0.217 e. The summed E-state index contributed by atoms with van der Waals surface area (Å²) in [6.45, 7) is 10.5. The summed E-state index contributed by atoms with van der Waals surface area (Å²) in [5.41, 5.74) is 5.63. The third-order valence-electron chi connectivity index (χ3n) is 7.76. The van der Waals surface area contributed by atoms with Gasteiger partial charge in [-0.05, 0) is 30.4 Å². The molecule has 4 aliphatic rings. The molecule has 0 saturated carbocycles. The van der Waals surface area contributed by atoms with Crippen molar-refractivity contribution in [3.8, 4) is 11.5 Å². The summed E-state index contributed by atoms with van der Waals surface area (Å²) in [6.07, 6.45) is 14.1. The first-order chi connectivity index (χ1) is 14.6. The number of rotatable bonds is 2. The monoisotopic (exact) mass is 400 g/mol. The second-order valence-electron chi connectivity index (χ2n) is 9.59. The molecular weight excluding hydrogens is 370 g/mol. The molecular formula is C27H30NO2+. The van der Waals surface area contributed by atoms with E-state index in [9.17, 15) is 0 Å². The standard InChI is InChI=1S/C27H30NO2/c1-5-8-17-18-9-7-10-19-23(18)25-22-16(11-12-28(25)20(17)6-2)15-21-26(30-14-13-29-21)24(22)27(19,3)4/h5,7-8,10-12,15,17-18,20H,6,9,13-14H2,1-4H3/q+1. The minimum Gasteiger partial charge on any atom is -0.486 e. The zero-order valence-corrected chi connectivity index (χ0v) is 18.4. The molecule has 3 atom stereocenters. The minimum absolute atomic E-state index is 0.124. The van der Waals surface area contributed by atoms with Gasteiger partial charge in [-0.15, -0.1) is 0 Å². The van der Waals surface area contributed by atoms with Gasteiger partial charge < -0.3 is 9.47 Å². The molecule has 3 heterocycles. The van der Waals surface area contributed by atoms with Crippen LogP contribution in [-0.4, -0.2) is 13.2 Å². The molecule has 0 bridgehead atoms. The van der Waals surface area contributed by atoms with Crippen LogP contribution in [0.2, 0.25) is 0 Å². The van der Waals surface area contributed by atoms with Crippen LogP contribution in [0.15, 0.2) is 48.2 Å². The number of nitrogens with zero attached hydrogens (tertiary/aromatic N) is 1. The first kappa shape index (κ1) is 18.2. The summed E-state index contributed by atoms with van der Waals surface area (Å²) in [5, 5.41) is 2.65. The molecule has 3 heteroatoms. The van der Waals surface area contributed by atoms with Crippen LogP contribution in [0.5, 0.6) is 11.5 Å². The summed E-state index contributed by atoms with van der Waals surface area (Å²) in [5.74, 6) is 2.92. The molecule has 30 heavy (non-hydrogen) atoms. The number of fused-ring (bicyclic) bond motifs is 2. The van der Waals surface area contributed by atoms with Crippen molar-refractivity contribution in [1.29, 1.82) is 0 Å².